The molecule has 12 heavy (non-hydrogen) atoms. The Morgan fingerprint density at radius 2 is 2.08 bits per heavy atom. The minimum absolute atomic E-state index is 0. The zero-order valence-corrected chi connectivity index (χ0v) is 7.17. The fourth-order valence-corrected chi connectivity index (χ4v) is 1.07. The van der Waals surface area contributed by atoms with Crippen LogP contribution in [-0.2, 0) is 4.74 Å². The van der Waals surface area contributed by atoms with Crippen molar-refractivity contribution in [3.05, 3.63) is 0 Å². The van der Waals surface area contributed by atoms with Crippen LogP contribution in [0.5, 0.6) is 0 Å². The first-order valence-electron chi connectivity index (χ1n) is 3.49. The van der Waals surface area contributed by atoms with E-state index < -0.39 is 6.36 Å². The van der Waals surface area contributed by atoms with Crippen molar-refractivity contribution in [2.75, 3.05) is 19.7 Å². The summed E-state index contributed by atoms with van der Waals surface area (Å²) < 4.78 is 38.1. The Kier molecular flexibility index (Phi) is 4.89. The Hall–Kier alpha value is -0.0000000000000000416. The molecule has 1 aliphatic rings. The maximum absolute atomic E-state index is 11.5. The normalized spacial score (nSPS) is 23.8. The van der Waals surface area contributed by atoms with Crippen LogP contribution < -0.4 is 5.32 Å². The predicted molar refractivity (Wildman–Crippen MR) is 40.2 cm³/mol. The van der Waals surface area contributed by atoms with Crippen molar-refractivity contribution in [2.24, 2.45) is 5.92 Å². The number of hydrogen-bond acceptors (Lipinski definition) is 2. The lowest BCUT2D eigenvalue weighted by Gasteiger charge is -2.10. The van der Waals surface area contributed by atoms with Crippen molar-refractivity contribution in [3.63, 3.8) is 0 Å². The number of ether oxygens (including phenoxy) is 1. The van der Waals surface area contributed by atoms with Crippen molar-refractivity contribution in [2.45, 2.75) is 12.8 Å². The molecule has 1 rings (SSSR count). The van der Waals surface area contributed by atoms with Gasteiger partial charge in [0.2, 0.25) is 0 Å². The van der Waals surface area contributed by atoms with Crippen LogP contribution >= 0.6 is 12.4 Å². The molecule has 74 valence electrons. The zero-order chi connectivity index (χ0) is 8.32. The molecule has 6 heteroatoms. The molecule has 0 saturated carbocycles. The van der Waals surface area contributed by atoms with Gasteiger partial charge in [0, 0.05) is 6.54 Å². The molecule has 0 aromatic carbocycles. The van der Waals surface area contributed by atoms with E-state index in [2.05, 4.69) is 10.1 Å². The highest BCUT2D eigenvalue weighted by Gasteiger charge is 2.30. The van der Waals surface area contributed by atoms with Crippen LogP contribution in [0.3, 0.4) is 0 Å². The van der Waals surface area contributed by atoms with Gasteiger partial charge in [-0.1, -0.05) is 0 Å². The van der Waals surface area contributed by atoms with Gasteiger partial charge in [-0.2, -0.15) is 0 Å². The molecule has 0 bridgehead atoms. The highest BCUT2D eigenvalue weighted by molar-refractivity contribution is 5.85. The van der Waals surface area contributed by atoms with Crippen LogP contribution in [-0.4, -0.2) is 26.1 Å². The lowest BCUT2D eigenvalue weighted by molar-refractivity contribution is -0.327. The zero-order valence-electron chi connectivity index (χ0n) is 6.36. The third-order valence-corrected chi connectivity index (χ3v) is 1.65. The summed E-state index contributed by atoms with van der Waals surface area (Å²) in [6.07, 6.45) is -3.70. The van der Waals surface area contributed by atoms with Crippen LogP contribution in [0, 0.1) is 5.92 Å². The third-order valence-electron chi connectivity index (χ3n) is 1.65. The van der Waals surface area contributed by atoms with E-state index >= 15 is 0 Å². The molecule has 2 nitrogen and oxygen atoms in total. The number of halogens is 4. The van der Waals surface area contributed by atoms with E-state index in [1.807, 2.05) is 0 Å². The third kappa shape index (κ3) is 4.79. The summed E-state index contributed by atoms with van der Waals surface area (Å²) in [5.74, 6) is 0.0247. The maximum atomic E-state index is 11.5. The minimum Gasteiger partial charge on any atom is -0.316 e. The quantitative estimate of drug-likeness (QED) is 0.739. The first kappa shape index (κ1) is 12.0. The van der Waals surface area contributed by atoms with Gasteiger partial charge in [0.25, 0.3) is 0 Å². The lowest BCUT2D eigenvalue weighted by Crippen LogP contribution is -2.21. The summed E-state index contributed by atoms with van der Waals surface area (Å²) in [5.41, 5.74) is 0. The molecule has 0 aliphatic carbocycles. The highest BCUT2D eigenvalue weighted by atomic mass is 35.5. The van der Waals surface area contributed by atoms with Crippen molar-refractivity contribution in [1.82, 2.24) is 5.32 Å². The van der Waals surface area contributed by atoms with E-state index in [1.54, 1.807) is 0 Å². The molecule has 1 heterocycles. The van der Waals surface area contributed by atoms with E-state index in [9.17, 15) is 13.2 Å². The van der Waals surface area contributed by atoms with E-state index in [0.29, 0.717) is 6.54 Å². The van der Waals surface area contributed by atoms with Gasteiger partial charge >= 0.3 is 6.36 Å². The number of nitrogens with one attached hydrogen (secondary N) is 1. The monoisotopic (exact) mass is 205 g/mol. The number of alkyl halides is 3. The topological polar surface area (TPSA) is 21.3 Å². The van der Waals surface area contributed by atoms with E-state index in [0.717, 1.165) is 13.0 Å². The number of hydrogen-bond donors (Lipinski definition) is 1. The van der Waals surface area contributed by atoms with Gasteiger partial charge in [-0.25, -0.2) is 0 Å². The Balaban J connectivity index is 0.00000121. The molecule has 1 unspecified atom stereocenters. The summed E-state index contributed by atoms with van der Waals surface area (Å²) >= 11 is 0. The SMILES string of the molecule is Cl.FC(F)(F)OCC1CCNC1. The van der Waals surface area contributed by atoms with Crippen LogP contribution in [0.2, 0.25) is 0 Å². The second-order valence-corrected chi connectivity index (χ2v) is 2.62. The summed E-state index contributed by atoms with van der Waals surface area (Å²) in [6.45, 7) is 1.22. The molecule has 1 aliphatic heterocycles. The van der Waals surface area contributed by atoms with Crippen molar-refractivity contribution >= 4 is 12.4 Å². The van der Waals surface area contributed by atoms with Gasteiger partial charge in [-0.15, -0.1) is 25.6 Å². The van der Waals surface area contributed by atoms with Gasteiger partial charge in [0.1, 0.15) is 0 Å². The summed E-state index contributed by atoms with van der Waals surface area (Å²) in [4.78, 5) is 0. The van der Waals surface area contributed by atoms with Gasteiger partial charge in [-0.3, -0.25) is 4.74 Å². The Bertz CT molecular complexity index is 124. The molecule has 0 aromatic rings. The predicted octanol–water partition coefficient (Wildman–Crippen LogP) is 1.55. The standard InChI is InChI=1S/C6H10F3NO.ClH/c7-6(8,9)11-4-5-1-2-10-3-5;/h5,10H,1-4H2;1H. The highest BCUT2D eigenvalue weighted by Crippen LogP contribution is 2.19. The smallest absolute Gasteiger partial charge is 0.316 e. The maximum Gasteiger partial charge on any atom is 0.522 e. The summed E-state index contributed by atoms with van der Waals surface area (Å²) in [5, 5.41) is 2.96. The fourth-order valence-electron chi connectivity index (χ4n) is 1.07. The van der Waals surface area contributed by atoms with Crippen molar-refractivity contribution in [3.8, 4) is 0 Å². The summed E-state index contributed by atoms with van der Waals surface area (Å²) in [6, 6.07) is 0. The van der Waals surface area contributed by atoms with Crippen LogP contribution in [0.25, 0.3) is 0 Å². The first-order valence-corrected chi connectivity index (χ1v) is 3.49. The molecule has 0 aromatic heterocycles. The molecule has 1 N–H and O–H groups in total. The van der Waals surface area contributed by atoms with Crippen molar-refractivity contribution < 1.29 is 17.9 Å². The second-order valence-electron chi connectivity index (χ2n) is 2.62. The van der Waals surface area contributed by atoms with Crippen LogP contribution in [0.15, 0.2) is 0 Å². The molecule has 0 amide bonds. The first-order chi connectivity index (χ1) is 5.08. The van der Waals surface area contributed by atoms with E-state index in [1.165, 1.54) is 0 Å². The molecule has 0 spiro atoms. The fraction of sp³-hybridized carbons (Fsp3) is 1.00. The molecule has 0 radical (unpaired) electrons. The van der Waals surface area contributed by atoms with Gasteiger partial charge in [-0.05, 0) is 18.9 Å². The van der Waals surface area contributed by atoms with E-state index in [-0.39, 0.29) is 24.9 Å². The van der Waals surface area contributed by atoms with Crippen molar-refractivity contribution in [1.29, 1.82) is 0 Å². The van der Waals surface area contributed by atoms with Gasteiger partial charge in [0.05, 0.1) is 6.61 Å². The minimum atomic E-state index is -4.47. The molecular weight excluding hydrogens is 195 g/mol. The second kappa shape index (κ2) is 4.89. The number of rotatable bonds is 2. The summed E-state index contributed by atoms with van der Waals surface area (Å²) in [7, 11) is 0. The van der Waals surface area contributed by atoms with Gasteiger partial charge < -0.3 is 5.32 Å². The molecule has 1 saturated heterocycles. The molecular formula is C6H11ClF3NO. The Labute approximate surface area is 74.9 Å². The van der Waals surface area contributed by atoms with Crippen LogP contribution in [0.1, 0.15) is 6.42 Å². The Morgan fingerprint density at radius 1 is 1.42 bits per heavy atom. The Morgan fingerprint density at radius 3 is 2.50 bits per heavy atom. The average Bonchev–Trinajstić information content (AvgIpc) is 2.32. The van der Waals surface area contributed by atoms with Gasteiger partial charge in [0.15, 0.2) is 0 Å². The van der Waals surface area contributed by atoms with E-state index in [4.69, 9.17) is 0 Å². The molecule has 1 atom stereocenters. The average molecular weight is 206 g/mol. The molecule has 1 fully saturated rings. The largest absolute Gasteiger partial charge is 0.522 e. The lowest BCUT2D eigenvalue weighted by atomic mass is 10.1. The van der Waals surface area contributed by atoms with Crippen LogP contribution in [0.4, 0.5) is 13.2 Å².